The first-order valence-electron chi connectivity index (χ1n) is 8.64. The van der Waals surface area contributed by atoms with Gasteiger partial charge in [-0.3, -0.25) is 19.0 Å². The van der Waals surface area contributed by atoms with Crippen LogP contribution < -0.4 is 10.6 Å². The van der Waals surface area contributed by atoms with Crippen molar-refractivity contribution in [2.24, 2.45) is 7.05 Å². The van der Waals surface area contributed by atoms with Gasteiger partial charge in [-0.15, -0.1) is 0 Å². The summed E-state index contributed by atoms with van der Waals surface area (Å²) in [5.74, 6) is -0.647. The molecule has 0 saturated carbocycles. The first-order chi connectivity index (χ1) is 12.9. The molecule has 0 aliphatic rings. The van der Waals surface area contributed by atoms with Gasteiger partial charge in [0, 0.05) is 19.2 Å². The number of nitrogens with one attached hydrogen (secondary N) is 2. The van der Waals surface area contributed by atoms with Crippen LogP contribution in [0.15, 0.2) is 36.7 Å². The molecule has 27 heavy (non-hydrogen) atoms. The van der Waals surface area contributed by atoms with Crippen molar-refractivity contribution in [3.63, 3.8) is 0 Å². The number of amides is 2. The number of carbonyl (C=O) groups excluding carboxylic acids is 2. The van der Waals surface area contributed by atoms with E-state index >= 15 is 0 Å². The number of hydrogen-bond donors (Lipinski definition) is 2. The molecule has 0 unspecified atom stereocenters. The van der Waals surface area contributed by atoms with E-state index in [1.165, 1.54) is 6.20 Å². The summed E-state index contributed by atoms with van der Waals surface area (Å²) in [6.07, 6.45) is 3.08. The van der Waals surface area contributed by atoms with Crippen LogP contribution in [-0.4, -0.2) is 31.4 Å². The van der Waals surface area contributed by atoms with Gasteiger partial charge in [-0.25, -0.2) is 0 Å². The van der Waals surface area contributed by atoms with Crippen molar-refractivity contribution in [2.45, 2.75) is 27.3 Å². The molecule has 3 rings (SSSR count). The maximum absolute atomic E-state index is 12.8. The molecule has 0 aliphatic heterocycles. The first-order valence-corrected chi connectivity index (χ1v) is 8.64. The third-order valence-electron chi connectivity index (χ3n) is 4.37. The summed E-state index contributed by atoms with van der Waals surface area (Å²) in [7, 11) is 1.80. The van der Waals surface area contributed by atoms with Gasteiger partial charge in [-0.2, -0.15) is 10.2 Å². The first kappa shape index (κ1) is 18.4. The Morgan fingerprint density at radius 1 is 1.04 bits per heavy atom. The summed E-state index contributed by atoms with van der Waals surface area (Å²) in [5, 5.41) is 14.0. The third-order valence-corrected chi connectivity index (χ3v) is 4.37. The smallest absolute Gasteiger partial charge is 0.276 e. The molecule has 2 heterocycles. The fraction of sp³-hybridized carbons (Fsp3) is 0.263. The number of carbonyl (C=O) groups is 2. The molecule has 0 atom stereocenters. The van der Waals surface area contributed by atoms with Crippen molar-refractivity contribution in [1.82, 2.24) is 19.6 Å². The summed E-state index contributed by atoms with van der Waals surface area (Å²) in [4.78, 5) is 25.4. The molecule has 3 aromatic rings. The topological polar surface area (TPSA) is 93.8 Å². The van der Waals surface area contributed by atoms with Crippen LogP contribution in [0.25, 0.3) is 0 Å². The molecule has 140 valence electrons. The van der Waals surface area contributed by atoms with Gasteiger partial charge in [0.15, 0.2) is 0 Å². The molecule has 1 aromatic carbocycles. The van der Waals surface area contributed by atoms with Gasteiger partial charge in [0.2, 0.25) is 0 Å². The highest BCUT2D eigenvalue weighted by Crippen LogP contribution is 2.20. The number of benzene rings is 1. The predicted octanol–water partition coefficient (Wildman–Crippen LogP) is 2.76. The van der Waals surface area contributed by atoms with E-state index in [0.717, 1.165) is 11.3 Å². The zero-order valence-corrected chi connectivity index (χ0v) is 15.8. The Hall–Kier alpha value is -3.42. The van der Waals surface area contributed by atoms with E-state index in [-0.39, 0.29) is 11.8 Å². The quantitative estimate of drug-likeness (QED) is 0.726. The van der Waals surface area contributed by atoms with Crippen LogP contribution in [0.4, 0.5) is 11.4 Å². The summed E-state index contributed by atoms with van der Waals surface area (Å²) >= 11 is 0. The lowest BCUT2D eigenvalue weighted by atomic mass is 10.1. The second kappa shape index (κ2) is 7.45. The van der Waals surface area contributed by atoms with Crippen molar-refractivity contribution >= 4 is 23.2 Å². The Balaban J connectivity index is 1.87. The molecule has 8 heteroatoms. The van der Waals surface area contributed by atoms with E-state index < -0.39 is 0 Å². The van der Waals surface area contributed by atoms with Gasteiger partial charge in [-0.05, 0) is 32.9 Å². The highest BCUT2D eigenvalue weighted by molar-refractivity contribution is 6.11. The molecule has 8 nitrogen and oxygen atoms in total. The second-order valence-corrected chi connectivity index (χ2v) is 6.27. The lowest BCUT2D eigenvalue weighted by Crippen LogP contribution is -2.21. The number of aryl methyl sites for hydroxylation is 3. The molecular formula is C19H22N6O2. The molecule has 0 aliphatic carbocycles. The minimum atomic E-state index is -0.356. The van der Waals surface area contributed by atoms with E-state index in [2.05, 4.69) is 20.8 Å². The summed E-state index contributed by atoms with van der Waals surface area (Å²) in [5.41, 5.74) is 3.60. The molecule has 0 fully saturated rings. The molecule has 0 bridgehead atoms. The van der Waals surface area contributed by atoms with E-state index in [4.69, 9.17) is 0 Å². The van der Waals surface area contributed by atoms with E-state index in [0.29, 0.717) is 29.2 Å². The standard InChI is InChI=1S/C19H22N6O2/c1-5-25-17(19(27)22-15-10-20-24(4)13(15)3)16(11-21-25)23-18(26)14-8-6-7-12(2)9-14/h6-11H,5H2,1-4H3,(H,22,27)(H,23,26). The number of aromatic nitrogens is 4. The SMILES string of the molecule is CCn1ncc(NC(=O)c2cccc(C)c2)c1C(=O)Nc1cnn(C)c1C. The summed E-state index contributed by atoms with van der Waals surface area (Å²) in [6.45, 7) is 6.15. The van der Waals surface area contributed by atoms with Gasteiger partial charge in [0.05, 0.1) is 29.5 Å². The monoisotopic (exact) mass is 366 g/mol. The fourth-order valence-corrected chi connectivity index (χ4v) is 2.74. The zero-order valence-electron chi connectivity index (χ0n) is 15.8. The lowest BCUT2D eigenvalue weighted by Gasteiger charge is -2.10. The minimum Gasteiger partial charge on any atom is -0.319 e. The van der Waals surface area contributed by atoms with Crippen LogP contribution in [0.2, 0.25) is 0 Å². The normalized spacial score (nSPS) is 10.7. The summed E-state index contributed by atoms with van der Waals surface area (Å²) < 4.78 is 3.22. The van der Waals surface area contributed by atoms with Crippen molar-refractivity contribution in [3.05, 3.63) is 59.2 Å². The maximum Gasteiger partial charge on any atom is 0.276 e. The van der Waals surface area contributed by atoms with E-state index in [1.54, 1.807) is 34.7 Å². The Bertz CT molecular complexity index is 1000. The maximum atomic E-state index is 12.8. The van der Waals surface area contributed by atoms with Crippen molar-refractivity contribution in [2.75, 3.05) is 10.6 Å². The molecular weight excluding hydrogens is 344 g/mol. The number of anilines is 2. The number of hydrogen-bond acceptors (Lipinski definition) is 4. The van der Waals surface area contributed by atoms with Crippen molar-refractivity contribution in [3.8, 4) is 0 Å². The van der Waals surface area contributed by atoms with E-state index in [1.807, 2.05) is 32.9 Å². The van der Waals surface area contributed by atoms with Gasteiger partial charge in [0.1, 0.15) is 5.69 Å². The zero-order chi connectivity index (χ0) is 19.6. The van der Waals surface area contributed by atoms with Gasteiger partial charge in [0.25, 0.3) is 11.8 Å². The third kappa shape index (κ3) is 3.74. The van der Waals surface area contributed by atoms with Crippen LogP contribution in [0, 0.1) is 13.8 Å². The van der Waals surface area contributed by atoms with Crippen LogP contribution in [0.3, 0.4) is 0 Å². The predicted molar refractivity (Wildman–Crippen MR) is 103 cm³/mol. The van der Waals surface area contributed by atoms with E-state index in [9.17, 15) is 9.59 Å². The van der Waals surface area contributed by atoms with Crippen LogP contribution in [-0.2, 0) is 13.6 Å². The Kier molecular flexibility index (Phi) is 5.07. The molecule has 2 aromatic heterocycles. The van der Waals surface area contributed by atoms with Crippen molar-refractivity contribution in [1.29, 1.82) is 0 Å². The van der Waals surface area contributed by atoms with Gasteiger partial charge < -0.3 is 10.6 Å². The minimum absolute atomic E-state index is 0.291. The molecule has 0 saturated heterocycles. The average Bonchev–Trinajstić information content (AvgIpc) is 3.19. The Morgan fingerprint density at radius 2 is 1.74 bits per heavy atom. The molecule has 2 N–H and O–H groups in total. The van der Waals surface area contributed by atoms with Gasteiger partial charge in [-0.1, -0.05) is 17.7 Å². The van der Waals surface area contributed by atoms with Crippen molar-refractivity contribution < 1.29 is 9.59 Å². The van der Waals surface area contributed by atoms with Crippen LogP contribution in [0.5, 0.6) is 0 Å². The molecule has 2 amide bonds. The number of nitrogens with zero attached hydrogens (tertiary/aromatic N) is 4. The lowest BCUT2D eigenvalue weighted by molar-refractivity contribution is 0.101. The highest BCUT2D eigenvalue weighted by atomic mass is 16.2. The fourth-order valence-electron chi connectivity index (χ4n) is 2.74. The number of rotatable bonds is 5. The summed E-state index contributed by atoms with van der Waals surface area (Å²) in [6, 6.07) is 7.25. The van der Waals surface area contributed by atoms with Crippen LogP contribution >= 0.6 is 0 Å². The second-order valence-electron chi connectivity index (χ2n) is 6.27. The average molecular weight is 366 g/mol. The largest absolute Gasteiger partial charge is 0.319 e. The molecule has 0 spiro atoms. The highest BCUT2D eigenvalue weighted by Gasteiger charge is 2.21. The Labute approximate surface area is 157 Å². The molecule has 0 radical (unpaired) electrons. The van der Waals surface area contributed by atoms with Crippen LogP contribution in [0.1, 0.15) is 39.0 Å². The van der Waals surface area contributed by atoms with Gasteiger partial charge >= 0.3 is 0 Å². The Morgan fingerprint density at radius 3 is 2.37 bits per heavy atom.